The average molecular weight is 501 g/mol. The van der Waals surface area contributed by atoms with Gasteiger partial charge in [-0.2, -0.15) is 5.10 Å². The summed E-state index contributed by atoms with van der Waals surface area (Å²) in [5.74, 6) is 1.28. The van der Waals surface area contributed by atoms with Crippen LogP contribution in [0.2, 0.25) is 5.02 Å². The average Bonchev–Trinajstić information content (AvgIpc) is 3.47. The minimum absolute atomic E-state index is 0.157. The second-order valence-corrected chi connectivity index (χ2v) is 9.12. The molecule has 0 aliphatic heterocycles. The van der Waals surface area contributed by atoms with Gasteiger partial charge >= 0.3 is 0 Å². The molecule has 0 fully saturated rings. The lowest BCUT2D eigenvalue weighted by atomic mass is 10.2. The predicted molar refractivity (Wildman–Crippen MR) is 139 cm³/mol. The number of benzene rings is 3. The van der Waals surface area contributed by atoms with Crippen molar-refractivity contribution in [1.82, 2.24) is 24.5 Å². The first kappa shape index (κ1) is 22.9. The van der Waals surface area contributed by atoms with Gasteiger partial charge in [-0.05, 0) is 55.5 Å². The van der Waals surface area contributed by atoms with Gasteiger partial charge in [-0.1, -0.05) is 59.8 Å². The zero-order valence-electron chi connectivity index (χ0n) is 18.8. The first-order chi connectivity index (χ1) is 17.1. The molecule has 1 amide bonds. The van der Waals surface area contributed by atoms with Crippen molar-refractivity contribution in [1.29, 1.82) is 0 Å². The summed E-state index contributed by atoms with van der Waals surface area (Å²) in [4.78, 5) is 12.9. The lowest BCUT2D eigenvalue weighted by Gasteiger charge is -2.11. The van der Waals surface area contributed by atoms with Gasteiger partial charge in [-0.3, -0.25) is 9.36 Å². The van der Waals surface area contributed by atoms with Gasteiger partial charge in [-0.15, -0.1) is 10.2 Å². The van der Waals surface area contributed by atoms with E-state index in [2.05, 4.69) is 20.6 Å². The van der Waals surface area contributed by atoms with Crippen LogP contribution in [0.1, 0.15) is 5.69 Å². The van der Waals surface area contributed by atoms with Crippen LogP contribution < -0.4 is 5.32 Å². The Bertz CT molecular complexity index is 1450. The van der Waals surface area contributed by atoms with Crippen molar-refractivity contribution < 1.29 is 4.79 Å². The third kappa shape index (κ3) is 5.13. The van der Waals surface area contributed by atoms with E-state index < -0.39 is 0 Å². The van der Waals surface area contributed by atoms with Crippen molar-refractivity contribution in [2.24, 2.45) is 0 Å². The minimum atomic E-state index is -0.164. The van der Waals surface area contributed by atoms with E-state index in [1.54, 1.807) is 4.68 Å². The van der Waals surface area contributed by atoms with Gasteiger partial charge in [-0.25, -0.2) is 4.68 Å². The molecular weight excluding hydrogens is 480 g/mol. The Balaban J connectivity index is 1.38. The Morgan fingerprint density at radius 1 is 0.914 bits per heavy atom. The van der Waals surface area contributed by atoms with Gasteiger partial charge in [0.1, 0.15) is 5.82 Å². The van der Waals surface area contributed by atoms with Crippen LogP contribution in [-0.2, 0) is 4.79 Å². The Kier molecular flexibility index (Phi) is 6.65. The number of hydrogen-bond acceptors (Lipinski definition) is 5. The molecule has 0 aliphatic rings. The molecule has 174 valence electrons. The van der Waals surface area contributed by atoms with Crippen LogP contribution in [0.3, 0.4) is 0 Å². The van der Waals surface area contributed by atoms with E-state index in [4.69, 9.17) is 11.6 Å². The molecule has 0 aliphatic carbocycles. The van der Waals surface area contributed by atoms with Crippen molar-refractivity contribution >= 4 is 35.1 Å². The number of aryl methyl sites for hydroxylation is 1. The van der Waals surface area contributed by atoms with E-state index in [-0.39, 0.29) is 11.7 Å². The molecule has 0 unspecified atom stereocenters. The largest absolute Gasteiger partial charge is 0.310 e. The number of carbonyl (C=O) groups is 1. The summed E-state index contributed by atoms with van der Waals surface area (Å²) in [5.41, 5.74) is 3.47. The van der Waals surface area contributed by atoms with E-state index in [9.17, 15) is 4.79 Å². The molecule has 2 aromatic heterocycles. The molecule has 0 spiro atoms. The van der Waals surface area contributed by atoms with Crippen molar-refractivity contribution in [3.8, 4) is 22.8 Å². The number of nitrogens with one attached hydrogen (secondary N) is 1. The van der Waals surface area contributed by atoms with E-state index in [1.807, 2.05) is 102 Å². The summed E-state index contributed by atoms with van der Waals surface area (Å²) >= 11 is 7.38. The monoisotopic (exact) mass is 500 g/mol. The van der Waals surface area contributed by atoms with E-state index >= 15 is 0 Å². The summed E-state index contributed by atoms with van der Waals surface area (Å²) in [6.45, 7) is 1.89. The van der Waals surface area contributed by atoms with E-state index in [1.165, 1.54) is 11.8 Å². The molecule has 0 saturated carbocycles. The SMILES string of the molecule is Cc1cc(NC(=O)CSc2nnc(-c3ccc(Cl)cc3)n2-c2ccccc2)n(-c2ccccc2)n1. The van der Waals surface area contributed by atoms with Gasteiger partial charge in [0.15, 0.2) is 11.0 Å². The van der Waals surface area contributed by atoms with Crippen LogP contribution in [0, 0.1) is 6.92 Å². The second-order valence-electron chi connectivity index (χ2n) is 7.74. The molecule has 0 saturated heterocycles. The first-order valence-corrected chi connectivity index (χ1v) is 12.3. The van der Waals surface area contributed by atoms with E-state index in [0.717, 1.165) is 22.6 Å². The van der Waals surface area contributed by atoms with Gasteiger partial charge < -0.3 is 5.32 Å². The summed E-state index contributed by atoms with van der Waals surface area (Å²) in [6, 6.07) is 28.8. The van der Waals surface area contributed by atoms with Crippen molar-refractivity contribution in [3.63, 3.8) is 0 Å². The standard InChI is InChI=1S/C26H21ClN6OS/c1-18-16-23(33(31-18)22-10-6-3-7-11-22)28-24(34)17-35-26-30-29-25(19-12-14-20(27)15-13-19)32(26)21-8-4-2-5-9-21/h2-16H,17H2,1H3,(H,28,34). The number of hydrogen-bond donors (Lipinski definition) is 1. The molecule has 2 heterocycles. The molecule has 5 rings (SSSR count). The maximum absolute atomic E-state index is 12.9. The molecule has 5 aromatic rings. The number of carbonyl (C=O) groups excluding carboxylic acids is 1. The molecular formula is C26H21ClN6OS. The van der Waals surface area contributed by atoms with Crippen LogP contribution >= 0.6 is 23.4 Å². The van der Waals surface area contributed by atoms with Crippen LogP contribution in [0.5, 0.6) is 0 Å². The second kappa shape index (κ2) is 10.2. The number of anilines is 1. The van der Waals surface area contributed by atoms with Gasteiger partial charge in [0.2, 0.25) is 5.91 Å². The fraction of sp³-hybridized carbons (Fsp3) is 0.0769. The molecule has 1 N–H and O–H groups in total. The highest BCUT2D eigenvalue weighted by Gasteiger charge is 2.18. The van der Waals surface area contributed by atoms with Crippen molar-refractivity contribution in [2.75, 3.05) is 11.1 Å². The Morgan fingerprint density at radius 3 is 2.26 bits per heavy atom. The van der Waals surface area contributed by atoms with Gasteiger partial charge in [0.05, 0.1) is 17.1 Å². The Labute approximate surface area is 211 Å². The number of amides is 1. The number of rotatable bonds is 7. The maximum Gasteiger partial charge on any atom is 0.236 e. The highest BCUT2D eigenvalue weighted by atomic mass is 35.5. The number of aromatic nitrogens is 5. The topological polar surface area (TPSA) is 77.6 Å². The lowest BCUT2D eigenvalue weighted by Crippen LogP contribution is -2.17. The zero-order chi connectivity index (χ0) is 24.2. The maximum atomic E-state index is 12.9. The molecule has 0 radical (unpaired) electrons. The highest BCUT2D eigenvalue weighted by Crippen LogP contribution is 2.29. The third-order valence-electron chi connectivity index (χ3n) is 5.18. The molecule has 0 atom stereocenters. The number of para-hydroxylation sites is 2. The summed E-state index contributed by atoms with van der Waals surface area (Å²) in [7, 11) is 0. The smallest absolute Gasteiger partial charge is 0.236 e. The summed E-state index contributed by atoms with van der Waals surface area (Å²) in [5, 5.41) is 17.5. The highest BCUT2D eigenvalue weighted by molar-refractivity contribution is 7.99. The van der Waals surface area contributed by atoms with Crippen LogP contribution in [-0.4, -0.2) is 36.2 Å². The van der Waals surface area contributed by atoms with Gasteiger partial charge in [0, 0.05) is 22.3 Å². The zero-order valence-corrected chi connectivity index (χ0v) is 20.4. The predicted octanol–water partition coefficient (Wildman–Crippen LogP) is 5.81. The minimum Gasteiger partial charge on any atom is -0.310 e. The van der Waals surface area contributed by atoms with Crippen LogP contribution in [0.15, 0.2) is 96.2 Å². The normalized spacial score (nSPS) is 10.9. The van der Waals surface area contributed by atoms with Gasteiger partial charge in [0.25, 0.3) is 0 Å². The number of thioether (sulfide) groups is 1. The van der Waals surface area contributed by atoms with Crippen LogP contribution in [0.4, 0.5) is 5.82 Å². The number of nitrogens with zero attached hydrogens (tertiary/aromatic N) is 5. The molecule has 0 bridgehead atoms. The molecule has 3 aromatic carbocycles. The third-order valence-corrected chi connectivity index (χ3v) is 6.36. The molecule has 35 heavy (non-hydrogen) atoms. The fourth-order valence-corrected chi connectivity index (χ4v) is 4.50. The molecule has 9 heteroatoms. The fourth-order valence-electron chi connectivity index (χ4n) is 3.62. The van der Waals surface area contributed by atoms with Crippen LogP contribution in [0.25, 0.3) is 22.8 Å². The molecule has 7 nitrogen and oxygen atoms in total. The summed E-state index contributed by atoms with van der Waals surface area (Å²) < 4.78 is 3.67. The lowest BCUT2D eigenvalue weighted by molar-refractivity contribution is -0.113. The summed E-state index contributed by atoms with van der Waals surface area (Å²) in [6.07, 6.45) is 0. The van der Waals surface area contributed by atoms with Crippen molar-refractivity contribution in [2.45, 2.75) is 12.1 Å². The quantitative estimate of drug-likeness (QED) is 0.285. The van der Waals surface area contributed by atoms with Crippen molar-refractivity contribution in [3.05, 3.63) is 102 Å². The Morgan fingerprint density at radius 2 is 1.57 bits per heavy atom. The Hall–Kier alpha value is -3.88. The number of halogens is 1. The first-order valence-electron chi connectivity index (χ1n) is 10.9. The van der Waals surface area contributed by atoms with E-state index in [0.29, 0.717) is 21.8 Å².